The van der Waals surface area contributed by atoms with Gasteiger partial charge < -0.3 is 18.6 Å². The van der Waals surface area contributed by atoms with Crippen LogP contribution in [0.5, 0.6) is 5.75 Å². The van der Waals surface area contributed by atoms with Gasteiger partial charge in [0.1, 0.15) is 17.6 Å². The van der Waals surface area contributed by atoms with Gasteiger partial charge in [-0.2, -0.15) is 0 Å². The van der Waals surface area contributed by atoms with Crippen LogP contribution in [0.4, 0.5) is 0 Å². The molecule has 2 aromatic carbocycles. The molecular weight excluding hydrogens is 444 g/mol. The van der Waals surface area contributed by atoms with Gasteiger partial charge in [-0.05, 0) is 36.1 Å². The van der Waals surface area contributed by atoms with Crippen LogP contribution in [0.3, 0.4) is 0 Å². The van der Waals surface area contributed by atoms with Crippen molar-refractivity contribution in [3.05, 3.63) is 99.3 Å². The van der Waals surface area contributed by atoms with Gasteiger partial charge in [-0.15, -0.1) is 0 Å². The Morgan fingerprint density at radius 3 is 2.69 bits per heavy atom. The molecule has 4 aromatic rings. The number of carbonyl (C=O) groups is 1. The highest BCUT2D eigenvalue weighted by atomic mass is 16.5. The Morgan fingerprint density at radius 1 is 0.971 bits per heavy atom. The summed E-state index contributed by atoms with van der Waals surface area (Å²) in [6.45, 7) is 1.75. The van der Waals surface area contributed by atoms with E-state index in [4.69, 9.17) is 9.15 Å². The predicted octanol–water partition coefficient (Wildman–Crippen LogP) is 3.65. The first kappa shape index (κ1) is 21.4. The molecule has 0 unspecified atom stereocenters. The van der Waals surface area contributed by atoms with Crippen molar-refractivity contribution in [1.29, 1.82) is 0 Å². The predicted molar refractivity (Wildman–Crippen MR) is 132 cm³/mol. The molecule has 0 N–H and O–H groups in total. The molecule has 2 bridgehead atoms. The van der Waals surface area contributed by atoms with Gasteiger partial charge in [-0.1, -0.05) is 36.4 Å². The van der Waals surface area contributed by atoms with E-state index < -0.39 is 0 Å². The van der Waals surface area contributed by atoms with E-state index in [1.54, 1.807) is 30.3 Å². The quantitative estimate of drug-likeness (QED) is 0.457. The van der Waals surface area contributed by atoms with E-state index in [1.165, 1.54) is 6.26 Å². The number of pyridine rings is 1. The van der Waals surface area contributed by atoms with E-state index in [9.17, 15) is 14.4 Å². The fourth-order valence-electron chi connectivity index (χ4n) is 5.35. The van der Waals surface area contributed by atoms with Crippen molar-refractivity contribution < 1.29 is 13.9 Å². The first-order chi connectivity index (χ1) is 17.1. The number of fused-ring (bicyclic) bond motifs is 5. The van der Waals surface area contributed by atoms with Crippen molar-refractivity contribution in [3.63, 3.8) is 0 Å². The Balaban J connectivity index is 1.16. The lowest BCUT2D eigenvalue weighted by Gasteiger charge is -2.42. The minimum atomic E-state index is -0.112. The summed E-state index contributed by atoms with van der Waals surface area (Å²) in [6, 6.07) is 19.8. The molecule has 1 fully saturated rings. The van der Waals surface area contributed by atoms with Crippen LogP contribution in [0, 0.1) is 5.92 Å². The number of nitrogens with zero attached hydrogens (tertiary/aromatic N) is 2. The minimum Gasteiger partial charge on any atom is -0.484 e. The van der Waals surface area contributed by atoms with E-state index in [1.807, 2.05) is 45.9 Å². The van der Waals surface area contributed by atoms with Crippen LogP contribution < -0.4 is 15.7 Å². The van der Waals surface area contributed by atoms with Gasteiger partial charge in [0.25, 0.3) is 11.5 Å². The van der Waals surface area contributed by atoms with Gasteiger partial charge in [0.2, 0.25) is 0 Å². The lowest BCUT2D eigenvalue weighted by atomic mass is 9.83. The fraction of sp³-hybridized carbons (Fsp3) is 0.250. The molecule has 7 heteroatoms. The molecule has 2 atom stereocenters. The highest BCUT2D eigenvalue weighted by Gasteiger charge is 2.36. The summed E-state index contributed by atoms with van der Waals surface area (Å²) in [5.41, 5.74) is 2.63. The van der Waals surface area contributed by atoms with Crippen LogP contribution in [-0.4, -0.2) is 35.1 Å². The van der Waals surface area contributed by atoms with Gasteiger partial charge in [-0.25, -0.2) is 0 Å². The summed E-state index contributed by atoms with van der Waals surface area (Å²) >= 11 is 0. The first-order valence-corrected chi connectivity index (χ1v) is 11.8. The van der Waals surface area contributed by atoms with Gasteiger partial charge in [0.15, 0.2) is 12.0 Å². The molecule has 35 heavy (non-hydrogen) atoms. The number of carbonyl (C=O) groups excluding carboxylic acids is 1. The van der Waals surface area contributed by atoms with Crippen LogP contribution >= 0.6 is 0 Å². The average Bonchev–Trinajstić information content (AvgIpc) is 2.88. The molecular formula is C28H24N2O5. The van der Waals surface area contributed by atoms with Crippen molar-refractivity contribution in [2.45, 2.75) is 18.9 Å². The maximum atomic E-state index is 13.0. The molecule has 0 saturated carbocycles. The van der Waals surface area contributed by atoms with Crippen LogP contribution in [0.25, 0.3) is 22.1 Å². The third-order valence-corrected chi connectivity index (χ3v) is 7.03. The fourth-order valence-corrected chi connectivity index (χ4v) is 5.35. The molecule has 6 rings (SSSR count). The molecule has 7 nitrogen and oxygen atoms in total. The second-order valence-corrected chi connectivity index (χ2v) is 9.29. The summed E-state index contributed by atoms with van der Waals surface area (Å²) in [5.74, 6) is 0.802. The van der Waals surface area contributed by atoms with Gasteiger partial charge in [-0.3, -0.25) is 14.4 Å². The number of likely N-dealkylation sites (tertiary alicyclic amines) is 1. The lowest BCUT2D eigenvalue weighted by Crippen LogP contribution is -2.50. The zero-order valence-electron chi connectivity index (χ0n) is 19.1. The van der Waals surface area contributed by atoms with Crippen LogP contribution in [-0.2, 0) is 11.3 Å². The Labute approximate surface area is 201 Å². The highest BCUT2D eigenvalue weighted by Crippen LogP contribution is 2.35. The summed E-state index contributed by atoms with van der Waals surface area (Å²) in [4.78, 5) is 39.9. The SMILES string of the molecule is O=C(COc1ccc2c(=O)c(-c3ccccc3)coc2c1)N1C[C@H]2C[C@H](C1)c1cccc(=O)n1C2. The second-order valence-electron chi connectivity index (χ2n) is 9.29. The van der Waals surface area contributed by atoms with E-state index in [0.717, 1.165) is 17.7 Å². The molecule has 2 aliphatic rings. The standard InChI is InChI=1S/C28H24N2O5/c31-26-8-4-7-24-20-11-18(14-30(24)26)13-29(15-20)27(32)17-34-21-9-10-22-25(12-21)35-16-23(28(22)33)19-5-2-1-3-6-19/h1-10,12,16,18,20H,11,13-15,17H2/t18-,20-/m1/s1. The molecule has 0 radical (unpaired) electrons. The first-order valence-electron chi connectivity index (χ1n) is 11.8. The average molecular weight is 469 g/mol. The Hall–Kier alpha value is -4.13. The molecule has 2 aliphatic heterocycles. The van der Waals surface area contributed by atoms with Crippen molar-refractivity contribution in [1.82, 2.24) is 9.47 Å². The molecule has 1 saturated heterocycles. The highest BCUT2D eigenvalue weighted by molar-refractivity contribution is 5.83. The summed E-state index contributed by atoms with van der Waals surface area (Å²) < 4.78 is 13.4. The van der Waals surface area contributed by atoms with E-state index in [2.05, 4.69) is 0 Å². The largest absolute Gasteiger partial charge is 0.484 e. The number of rotatable bonds is 4. The number of benzene rings is 2. The van der Waals surface area contributed by atoms with E-state index in [0.29, 0.717) is 41.9 Å². The maximum Gasteiger partial charge on any atom is 0.260 e. The molecule has 176 valence electrons. The normalized spacial score (nSPS) is 18.8. The third kappa shape index (κ3) is 3.93. The monoisotopic (exact) mass is 468 g/mol. The van der Waals surface area contributed by atoms with Gasteiger partial charge in [0.05, 0.1) is 10.9 Å². The Bertz CT molecular complexity index is 1540. The number of hydrogen-bond acceptors (Lipinski definition) is 5. The van der Waals surface area contributed by atoms with E-state index in [-0.39, 0.29) is 35.3 Å². The van der Waals surface area contributed by atoms with E-state index >= 15 is 0 Å². The van der Waals surface area contributed by atoms with Crippen molar-refractivity contribution in [2.75, 3.05) is 19.7 Å². The second kappa shape index (κ2) is 8.58. The molecule has 2 aromatic heterocycles. The number of aromatic nitrogens is 1. The molecule has 1 amide bonds. The van der Waals surface area contributed by atoms with Crippen molar-refractivity contribution >= 4 is 16.9 Å². The van der Waals surface area contributed by atoms with Crippen LogP contribution in [0.1, 0.15) is 18.0 Å². The zero-order valence-corrected chi connectivity index (χ0v) is 19.1. The Kier molecular flexibility index (Phi) is 5.25. The van der Waals surface area contributed by atoms with Crippen LogP contribution in [0.2, 0.25) is 0 Å². The minimum absolute atomic E-state index is 0.0270. The maximum absolute atomic E-state index is 13.0. The Morgan fingerprint density at radius 2 is 1.83 bits per heavy atom. The third-order valence-electron chi connectivity index (χ3n) is 7.03. The van der Waals surface area contributed by atoms with Crippen molar-refractivity contribution in [3.8, 4) is 16.9 Å². The summed E-state index contributed by atoms with van der Waals surface area (Å²) in [7, 11) is 0. The van der Waals surface area contributed by atoms with Gasteiger partial charge in [0, 0.05) is 43.4 Å². The van der Waals surface area contributed by atoms with Crippen molar-refractivity contribution in [2.24, 2.45) is 5.92 Å². The molecule has 0 spiro atoms. The number of ether oxygens (including phenoxy) is 1. The van der Waals surface area contributed by atoms with Gasteiger partial charge >= 0.3 is 0 Å². The number of amides is 1. The number of piperidine rings is 1. The smallest absolute Gasteiger partial charge is 0.260 e. The summed E-state index contributed by atoms with van der Waals surface area (Å²) in [6.07, 6.45) is 2.45. The number of hydrogen-bond donors (Lipinski definition) is 0. The van der Waals surface area contributed by atoms with Crippen LogP contribution in [0.15, 0.2) is 87.0 Å². The molecule has 0 aliphatic carbocycles. The topological polar surface area (TPSA) is 81.8 Å². The molecule has 4 heterocycles. The lowest BCUT2D eigenvalue weighted by molar-refractivity contribution is -0.136. The summed E-state index contributed by atoms with van der Waals surface area (Å²) in [5, 5.41) is 0.461. The zero-order chi connectivity index (χ0) is 23.9.